The van der Waals surface area contributed by atoms with Crippen molar-refractivity contribution in [1.29, 1.82) is 0 Å². The van der Waals surface area contributed by atoms with Gasteiger partial charge in [-0.15, -0.1) is 0 Å². The summed E-state index contributed by atoms with van der Waals surface area (Å²) in [5.74, 6) is 1.02. The van der Waals surface area contributed by atoms with Crippen LogP contribution in [-0.2, 0) is 9.63 Å². The van der Waals surface area contributed by atoms with Crippen LogP contribution < -0.4 is 14.8 Å². The molecular formula is C21H26N2O4. The van der Waals surface area contributed by atoms with Crippen LogP contribution in [0.3, 0.4) is 0 Å². The predicted octanol–water partition coefficient (Wildman–Crippen LogP) is 4.01. The molecule has 2 aromatic carbocycles. The van der Waals surface area contributed by atoms with E-state index in [1.54, 1.807) is 19.2 Å². The number of aryl methyl sites for hydroxylation is 3. The zero-order valence-corrected chi connectivity index (χ0v) is 16.5. The summed E-state index contributed by atoms with van der Waals surface area (Å²) in [6.07, 6.45) is 1.52. The first-order chi connectivity index (χ1) is 12.9. The van der Waals surface area contributed by atoms with Crippen LogP contribution in [0.25, 0.3) is 0 Å². The predicted molar refractivity (Wildman–Crippen MR) is 107 cm³/mol. The van der Waals surface area contributed by atoms with Crippen molar-refractivity contribution in [3.05, 3.63) is 52.6 Å². The topological polar surface area (TPSA) is 69.2 Å². The third-order valence-electron chi connectivity index (χ3n) is 3.90. The Kier molecular flexibility index (Phi) is 7.23. The van der Waals surface area contributed by atoms with Crippen LogP contribution >= 0.6 is 0 Å². The first-order valence-corrected chi connectivity index (χ1v) is 8.78. The van der Waals surface area contributed by atoms with E-state index in [2.05, 4.69) is 10.5 Å². The number of oxime groups is 1. The van der Waals surface area contributed by atoms with Gasteiger partial charge in [0.05, 0.1) is 19.9 Å². The van der Waals surface area contributed by atoms with E-state index in [0.29, 0.717) is 18.1 Å². The van der Waals surface area contributed by atoms with Gasteiger partial charge in [0.25, 0.3) is 5.91 Å². The largest absolute Gasteiger partial charge is 0.493 e. The molecule has 0 spiro atoms. The Labute approximate surface area is 160 Å². The lowest BCUT2D eigenvalue weighted by molar-refractivity contribution is -0.120. The van der Waals surface area contributed by atoms with Gasteiger partial charge in [0.15, 0.2) is 18.1 Å². The summed E-state index contributed by atoms with van der Waals surface area (Å²) < 4.78 is 10.8. The van der Waals surface area contributed by atoms with Crippen molar-refractivity contribution in [3.63, 3.8) is 0 Å². The number of methoxy groups -OCH3 is 1. The average molecular weight is 370 g/mol. The Hall–Kier alpha value is -3.02. The summed E-state index contributed by atoms with van der Waals surface area (Å²) in [6.45, 7) is 8.26. The van der Waals surface area contributed by atoms with Gasteiger partial charge in [0, 0.05) is 11.3 Å². The van der Waals surface area contributed by atoms with Crippen LogP contribution in [-0.4, -0.2) is 32.4 Å². The molecule has 0 aromatic heterocycles. The normalized spacial score (nSPS) is 10.7. The van der Waals surface area contributed by atoms with E-state index in [1.807, 2.05) is 45.9 Å². The van der Waals surface area contributed by atoms with Crippen molar-refractivity contribution in [2.24, 2.45) is 5.16 Å². The molecule has 2 aromatic rings. The van der Waals surface area contributed by atoms with Crippen LogP contribution in [0.2, 0.25) is 0 Å². The smallest absolute Gasteiger partial charge is 0.265 e. The molecule has 0 saturated carbocycles. The van der Waals surface area contributed by atoms with Gasteiger partial charge in [-0.25, -0.2) is 0 Å². The molecule has 0 fully saturated rings. The van der Waals surface area contributed by atoms with E-state index < -0.39 is 0 Å². The van der Waals surface area contributed by atoms with Crippen molar-refractivity contribution >= 4 is 17.8 Å². The van der Waals surface area contributed by atoms with Gasteiger partial charge in [-0.2, -0.15) is 0 Å². The number of rotatable bonds is 8. The van der Waals surface area contributed by atoms with Gasteiger partial charge in [-0.1, -0.05) is 22.9 Å². The monoisotopic (exact) mass is 370 g/mol. The Morgan fingerprint density at radius 2 is 1.81 bits per heavy atom. The number of nitrogens with one attached hydrogen (secondary N) is 1. The maximum absolute atomic E-state index is 12.1. The van der Waals surface area contributed by atoms with E-state index in [9.17, 15) is 4.79 Å². The highest BCUT2D eigenvalue weighted by Crippen LogP contribution is 2.27. The van der Waals surface area contributed by atoms with E-state index in [0.717, 1.165) is 27.9 Å². The number of hydrogen-bond donors (Lipinski definition) is 1. The molecule has 0 saturated heterocycles. The Morgan fingerprint density at radius 3 is 2.44 bits per heavy atom. The van der Waals surface area contributed by atoms with Crippen molar-refractivity contribution in [1.82, 2.24) is 0 Å². The molecule has 0 radical (unpaired) electrons. The second kappa shape index (κ2) is 9.62. The van der Waals surface area contributed by atoms with Gasteiger partial charge in [0.2, 0.25) is 0 Å². The SMILES string of the molecule is CCOc1ccc(/C=N\OCC(=O)Nc2c(C)cc(C)cc2C)cc1OC. The molecule has 0 aliphatic rings. The molecule has 0 aliphatic heterocycles. The molecule has 0 unspecified atom stereocenters. The molecule has 2 rings (SSSR count). The van der Waals surface area contributed by atoms with Gasteiger partial charge in [-0.3, -0.25) is 4.79 Å². The number of nitrogens with zero attached hydrogens (tertiary/aromatic N) is 1. The van der Waals surface area contributed by atoms with Crippen molar-refractivity contribution < 1.29 is 19.1 Å². The third-order valence-corrected chi connectivity index (χ3v) is 3.90. The van der Waals surface area contributed by atoms with Gasteiger partial charge in [0.1, 0.15) is 0 Å². The molecule has 0 bridgehead atoms. The fourth-order valence-electron chi connectivity index (χ4n) is 2.79. The molecule has 27 heavy (non-hydrogen) atoms. The van der Waals surface area contributed by atoms with Gasteiger partial charge < -0.3 is 19.6 Å². The van der Waals surface area contributed by atoms with Crippen LogP contribution in [0.15, 0.2) is 35.5 Å². The highest BCUT2D eigenvalue weighted by Gasteiger charge is 2.09. The molecule has 0 atom stereocenters. The number of amides is 1. The lowest BCUT2D eigenvalue weighted by Crippen LogP contribution is -2.18. The minimum absolute atomic E-state index is 0.169. The van der Waals surface area contributed by atoms with E-state index >= 15 is 0 Å². The zero-order chi connectivity index (χ0) is 19.8. The highest BCUT2D eigenvalue weighted by atomic mass is 16.6. The van der Waals surface area contributed by atoms with Crippen LogP contribution in [0.5, 0.6) is 11.5 Å². The summed E-state index contributed by atoms with van der Waals surface area (Å²) in [5.41, 5.74) is 4.79. The Bertz CT molecular complexity index is 808. The molecule has 0 aliphatic carbocycles. The van der Waals surface area contributed by atoms with Gasteiger partial charge in [-0.05, 0) is 57.0 Å². The fourth-order valence-corrected chi connectivity index (χ4v) is 2.79. The number of anilines is 1. The number of benzene rings is 2. The Balaban J connectivity index is 1.91. The highest BCUT2D eigenvalue weighted by molar-refractivity contribution is 5.93. The second-order valence-corrected chi connectivity index (χ2v) is 6.17. The van der Waals surface area contributed by atoms with E-state index in [-0.39, 0.29) is 12.5 Å². The van der Waals surface area contributed by atoms with Crippen LogP contribution in [0.4, 0.5) is 5.69 Å². The number of carbonyl (C=O) groups is 1. The third kappa shape index (κ3) is 5.74. The summed E-state index contributed by atoms with van der Waals surface area (Å²) in [4.78, 5) is 17.2. The summed E-state index contributed by atoms with van der Waals surface area (Å²) >= 11 is 0. The van der Waals surface area contributed by atoms with Crippen molar-refractivity contribution in [2.45, 2.75) is 27.7 Å². The zero-order valence-electron chi connectivity index (χ0n) is 16.5. The molecule has 0 heterocycles. The molecule has 1 amide bonds. The van der Waals surface area contributed by atoms with Crippen LogP contribution in [0, 0.1) is 20.8 Å². The molecular weight excluding hydrogens is 344 g/mol. The summed E-state index contributed by atoms with van der Waals surface area (Å²) in [7, 11) is 1.58. The minimum Gasteiger partial charge on any atom is -0.493 e. The maximum atomic E-state index is 12.1. The quantitative estimate of drug-likeness (QED) is 0.563. The summed E-state index contributed by atoms with van der Waals surface area (Å²) in [6, 6.07) is 9.48. The number of ether oxygens (including phenoxy) is 2. The Morgan fingerprint density at radius 1 is 1.11 bits per heavy atom. The number of hydrogen-bond acceptors (Lipinski definition) is 5. The lowest BCUT2D eigenvalue weighted by Gasteiger charge is -2.12. The molecule has 6 heteroatoms. The van der Waals surface area contributed by atoms with Crippen molar-refractivity contribution in [3.8, 4) is 11.5 Å². The first-order valence-electron chi connectivity index (χ1n) is 8.78. The standard InChI is InChI=1S/C21H26N2O4/c1-6-26-18-8-7-17(11-19(18)25-5)12-22-27-13-20(24)23-21-15(3)9-14(2)10-16(21)4/h7-12H,6,13H2,1-5H3,(H,23,24)/b22-12-. The molecule has 6 nitrogen and oxygen atoms in total. The van der Waals surface area contributed by atoms with Crippen molar-refractivity contribution in [2.75, 3.05) is 25.6 Å². The second-order valence-electron chi connectivity index (χ2n) is 6.17. The molecule has 1 N–H and O–H groups in total. The first kappa shape index (κ1) is 20.3. The number of carbonyl (C=O) groups excluding carboxylic acids is 1. The van der Waals surface area contributed by atoms with Gasteiger partial charge >= 0.3 is 0 Å². The average Bonchev–Trinajstić information content (AvgIpc) is 2.63. The maximum Gasteiger partial charge on any atom is 0.265 e. The van der Waals surface area contributed by atoms with E-state index in [4.69, 9.17) is 14.3 Å². The lowest BCUT2D eigenvalue weighted by atomic mass is 10.1. The van der Waals surface area contributed by atoms with Crippen LogP contribution in [0.1, 0.15) is 29.2 Å². The summed E-state index contributed by atoms with van der Waals surface area (Å²) in [5, 5.41) is 6.72. The fraction of sp³-hybridized carbons (Fsp3) is 0.333. The molecule has 144 valence electrons. The minimum atomic E-state index is -0.258. The van der Waals surface area contributed by atoms with E-state index in [1.165, 1.54) is 6.21 Å².